The Morgan fingerprint density at radius 2 is 1.37 bits per heavy atom. The van der Waals surface area contributed by atoms with Crippen molar-refractivity contribution in [1.82, 2.24) is 46.2 Å². The molecule has 2 aliphatic heterocycles. The third kappa shape index (κ3) is 24.3. The van der Waals surface area contributed by atoms with Gasteiger partial charge in [0.15, 0.2) is 5.78 Å². The fourth-order valence-electron chi connectivity index (χ4n) is 12.5. The number of amides is 11. The van der Waals surface area contributed by atoms with Gasteiger partial charge in [0.2, 0.25) is 41.4 Å². The molecule has 97 heavy (non-hydrogen) atoms. The average molecular weight is 1360 g/mol. The Hall–Kier alpha value is -8.30. The predicted molar refractivity (Wildman–Crippen MR) is 364 cm³/mol. The second-order valence-electron chi connectivity index (χ2n) is 26.7. The smallest absolute Gasteiger partial charge is 0.429 e. The number of likely N-dealkylation sites (tertiary alicyclic amines) is 1. The van der Waals surface area contributed by atoms with Gasteiger partial charge in [-0.1, -0.05) is 111 Å². The van der Waals surface area contributed by atoms with E-state index in [4.69, 9.17) is 24.7 Å². The van der Waals surface area contributed by atoms with Crippen LogP contribution in [0.2, 0.25) is 0 Å². The molecule has 0 spiro atoms. The fourth-order valence-corrected chi connectivity index (χ4v) is 12.5. The van der Waals surface area contributed by atoms with Crippen molar-refractivity contribution in [2.24, 2.45) is 35.3 Å². The van der Waals surface area contributed by atoms with Crippen molar-refractivity contribution in [3.63, 3.8) is 0 Å². The normalized spacial score (nSPS) is 17.4. The average Bonchev–Trinajstić information content (AvgIpc) is 1.70. The summed E-state index contributed by atoms with van der Waals surface area (Å²) < 4.78 is 23.7. The summed E-state index contributed by atoms with van der Waals surface area (Å²) in [7, 11) is 8.11. The summed E-state index contributed by atoms with van der Waals surface area (Å²) in [5, 5.41) is 16.5. The number of urea groups is 1. The molecule has 0 bridgehead atoms. The first-order valence-electron chi connectivity index (χ1n) is 33.6. The van der Waals surface area contributed by atoms with Crippen LogP contribution in [0.5, 0.6) is 0 Å². The highest BCUT2D eigenvalue weighted by atomic mass is 16.7. The molecule has 2 aliphatic rings. The first-order chi connectivity index (χ1) is 45.7. The Morgan fingerprint density at radius 3 is 1.94 bits per heavy atom. The summed E-state index contributed by atoms with van der Waals surface area (Å²) in [6.45, 7) is 19.9. The van der Waals surface area contributed by atoms with Crippen molar-refractivity contribution in [3.05, 3.63) is 76.9 Å². The minimum Gasteiger partial charge on any atom is -0.429 e. The molecule has 8 N–H and O–H groups in total. The van der Waals surface area contributed by atoms with Gasteiger partial charge in [0.05, 0.1) is 55.8 Å². The molecule has 0 unspecified atom stereocenters. The van der Waals surface area contributed by atoms with E-state index in [2.05, 4.69) is 31.9 Å². The number of primary amides is 1. The van der Waals surface area contributed by atoms with Crippen LogP contribution in [0, 0.1) is 43.4 Å². The number of methoxy groups -OCH3 is 2. The van der Waals surface area contributed by atoms with Gasteiger partial charge >= 0.3 is 12.2 Å². The number of ketones is 1. The molecule has 27 nitrogen and oxygen atoms in total. The number of Topliss-reactive ketones (excluding diaryl/α,β-unsaturated/α-hetero) is 1. The Labute approximate surface area is 571 Å². The molecule has 2 heterocycles. The number of carbonyl (C=O) groups is 12. The van der Waals surface area contributed by atoms with Crippen molar-refractivity contribution in [2.45, 2.75) is 195 Å². The van der Waals surface area contributed by atoms with Gasteiger partial charge in [-0.25, -0.2) is 9.59 Å². The molecule has 538 valence electrons. The lowest BCUT2D eigenvalue weighted by Crippen LogP contribution is -2.59. The lowest BCUT2D eigenvalue weighted by Gasteiger charge is -2.41. The van der Waals surface area contributed by atoms with E-state index in [9.17, 15) is 52.7 Å². The number of anilines is 1. The molecule has 0 saturated carbocycles. The quantitative estimate of drug-likeness (QED) is 0.0199. The lowest BCUT2D eigenvalue weighted by atomic mass is 9.89. The van der Waals surface area contributed by atoms with Gasteiger partial charge in [0.1, 0.15) is 30.8 Å². The van der Waals surface area contributed by atoms with Crippen LogP contribution in [0.4, 0.5) is 15.3 Å². The number of likely N-dealkylation sites (N-methyl/N-ethyl adjacent to an activating group) is 2. The lowest BCUT2D eigenvalue weighted by molar-refractivity contribution is -0.148. The van der Waals surface area contributed by atoms with Gasteiger partial charge in [0, 0.05) is 70.6 Å². The molecule has 0 aromatic heterocycles. The van der Waals surface area contributed by atoms with Crippen LogP contribution in [0.25, 0.3) is 0 Å². The van der Waals surface area contributed by atoms with Crippen LogP contribution in [0.15, 0.2) is 54.6 Å². The number of aryl methyl sites for hydroxylation is 2. The Bertz CT molecular complexity index is 3060. The van der Waals surface area contributed by atoms with E-state index >= 15 is 4.79 Å². The molecular weight excluding hydrogens is 1250 g/mol. The highest BCUT2D eigenvalue weighted by molar-refractivity contribution is 6.12. The summed E-state index contributed by atoms with van der Waals surface area (Å²) in [4.78, 5) is 166. The SMILES string of the molecule is CC[C@H](C)[C@@H]([C@@H](CC(=O)N1C[C@@H](OC(=O)OCc2ccc(NC(=O)[C@H](CCCNC(N)=O)NC(=O)[C@@H](NC(=O)CCCCCN3C(=O)C=CC3=O)C(C)C)cc2)C[C@H]1[C@H](OC)[C@@H](C)C(=O)NCC(=O)c1ccc(C)cc1C)OC)N(C)C(=O)[C@@H](NC(=O)[C@H](C(C)C)N(C)C)C(C)C. The minimum atomic E-state index is -1.13. The molecule has 0 aliphatic carbocycles. The molecule has 1 fully saturated rings. The maximum atomic E-state index is 15.1. The third-order valence-corrected chi connectivity index (χ3v) is 18.0. The van der Waals surface area contributed by atoms with Crippen molar-refractivity contribution in [1.29, 1.82) is 0 Å². The zero-order chi connectivity index (χ0) is 72.5. The summed E-state index contributed by atoms with van der Waals surface area (Å²) in [5.41, 5.74) is 8.25. The number of ether oxygens (including phenoxy) is 4. The number of unbranched alkanes of at least 4 members (excludes halogenated alkanes) is 2. The standard InChI is InChI=1S/C70H107N11O16/c1-17-44(9)62(79(14)68(91)60(41(4)5)77-67(90)61(42(6)7)78(12)13)54(94-15)36-58(86)81-38-49(35-52(81)63(95-16)46(11)64(87)73-37-53(82)50-29-24-43(8)34-45(50)10)97-70(93)96-39-47-25-27-48(28-26-47)74-65(88)51(22-21-32-72-69(71)92)75-66(89)59(40(2)3)76-55(83)23-19-18-20-33-80-56(84)30-31-57(80)85/h24-31,34,40-42,44,46,49,51-52,54,59-63H,17-23,32-33,35-39H2,1-16H3,(H,73,87)(H,74,88)(H,75,89)(H,76,83)(H,77,90)(H3,71,72,92)/t44-,46+,49-,51-,52-,54+,59-,60-,61-,62-,63+/m0/s1. The minimum absolute atomic E-state index is 0.00231. The molecule has 0 radical (unpaired) electrons. The van der Waals surface area contributed by atoms with Crippen LogP contribution >= 0.6 is 0 Å². The third-order valence-electron chi connectivity index (χ3n) is 18.0. The number of imide groups is 1. The van der Waals surface area contributed by atoms with E-state index in [1.54, 1.807) is 63.1 Å². The van der Waals surface area contributed by atoms with Crippen LogP contribution in [-0.2, 0) is 68.7 Å². The summed E-state index contributed by atoms with van der Waals surface area (Å²) in [5.74, 6) is -6.23. The van der Waals surface area contributed by atoms with Crippen molar-refractivity contribution >= 4 is 76.8 Å². The van der Waals surface area contributed by atoms with Gasteiger partial charge in [-0.3, -0.25) is 57.7 Å². The fraction of sp³-hybridized carbons (Fsp3) is 0.629. The van der Waals surface area contributed by atoms with Crippen molar-refractivity contribution in [3.8, 4) is 0 Å². The zero-order valence-electron chi connectivity index (χ0n) is 59.6. The van der Waals surface area contributed by atoms with E-state index in [-0.39, 0.29) is 118 Å². The van der Waals surface area contributed by atoms with Gasteiger partial charge in [-0.15, -0.1) is 0 Å². The Kier molecular flexibility index (Phi) is 32.8. The molecule has 27 heteroatoms. The van der Waals surface area contributed by atoms with E-state index in [0.29, 0.717) is 42.5 Å². The van der Waals surface area contributed by atoms with Crippen LogP contribution in [0.3, 0.4) is 0 Å². The van der Waals surface area contributed by atoms with Crippen molar-refractivity contribution in [2.75, 3.05) is 66.9 Å². The monoisotopic (exact) mass is 1360 g/mol. The van der Waals surface area contributed by atoms with Gasteiger partial charge in [0.25, 0.3) is 11.8 Å². The second-order valence-corrected chi connectivity index (χ2v) is 26.7. The largest absolute Gasteiger partial charge is 0.508 e. The van der Waals surface area contributed by atoms with Crippen LogP contribution in [0.1, 0.15) is 147 Å². The second kappa shape index (κ2) is 39.2. The van der Waals surface area contributed by atoms with Gasteiger partial charge in [-0.05, 0) is 101 Å². The molecule has 11 amide bonds. The van der Waals surface area contributed by atoms with E-state index in [1.807, 2.05) is 86.5 Å². The van der Waals surface area contributed by atoms with Crippen LogP contribution < -0.4 is 37.6 Å². The number of rotatable bonds is 39. The maximum absolute atomic E-state index is 15.1. The van der Waals surface area contributed by atoms with E-state index < -0.39 is 102 Å². The molecular formula is C70H107N11O16. The summed E-state index contributed by atoms with van der Waals surface area (Å²) in [6.07, 6.45) is 0.674. The van der Waals surface area contributed by atoms with Crippen LogP contribution in [-0.4, -0.2) is 207 Å². The van der Waals surface area contributed by atoms with Gasteiger partial charge < -0.3 is 66.4 Å². The van der Waals surface area contributed by atoms with Crippen molar-refractivity contribution < 1.29 is 76.5 Å². The number of nitrogens with two attached hydrogens (primary N) is 1. The molecule has 11 atom stereocenters. The highest BCUT2D eigenvalue weighted by Gasteiger charge is 2.47. The predicted octanol–water partition coefficient (Wildman–Crippen LogP) is 5.08. The van der Waals surface area contributed by atoms with E-state index in [0.717, 1.165) is 16.0 Å². The summed E-state index contributed by atoms with van der Waals surface area (Å²) >= 11 is 0. The first-order valence-corrected chi connectivity index (χ1v) is 33.6. The molecule has 2 aromatic carbocycles. The number of hydrogen-bond donors (Lipinski definition) is 7. The molecule has 4 rings (SSSR count). The topological polar surface area (TPSA) is 353 Å². The number of hydrogen-bond acceptors (Lipinski definition) is 17. The first kappa shape index (κ1) is 81.1. The molecule has 2 aromatic rings. The number of carbonyl (C=O) groups excluding carboxylic acids is 12. The Morgan fingerprint density at radius 1 is 0.722 bits per heavy atom. The maximum Gasteiger partial charge on any atom is 0.508 e. The molecule has 1 saturated heterocycles. The number of benzene rings is 2. The summed E-state index contributed by atoms with van der Waals surface area (Å²) in [6, 6.07) is 5.81. The zero-order valence-corrected chi connectivity index (χ0v) is 59.6. The van der Waals surface area contributed by atoms with Gasteiger partial charge in [-0.2, -0.15) is 0 Å². The number of nitrogens with one attached hydrogen (secondary N) is 6. The number of nitrogens with zero attached hydrogens (tertiary/aromatic N) is 4. The highest BCUT2D eigenvalue weighted by Crippen LogP contribution is 2.32. The Balaban J connectivity index is 1.50. The van der Waals surface area contributed by atoms with E-state index in [1.165, 1.54) is 31.3 Å².